The molecule has 0 unspecified atom stereocenters. The number of ketones is 1. The van der Waals surface area contributed by atoms with Gasteiger partial charge in [-0.05, 0) is 44.5 Å². The second-order valence-corrected chi connectivity index (χ2v) is 7.36. The minimum absolute atomic E-state index is 0.0428. The van der Waals surface area contributed by atoms with Crippen molar-refractivity contribution < 1.29 is 14.4 Å². The maximum Gasteiger partial charge on any atom is 0.296 e. The van der Waals surface area contributed by atoms with Gasteiger partial charge in [0.05, 0.1) is 5.56 Å². The summed E-state index contributed by atoms with van der Waals surface area (Å²) in [5, 5.41) is 3.78. The topological polar surface area (TPSA) is 71.4 Å². The van der Waals surface area contributed by atoms with Crippen molar-refractivity contribution in [3.8, 4) is 0 Å². The van der Waals surface area contributed by atoms with Gasteiger partial charge in [0.2, 0.25) is 5.91 Å². The van der Waals surface area contributed by atoms with Crippen LogP contribution in [0, 0.1) is 6.92 Å². The molecule has 6 nitrogen and oxygen atoms in total. The summed E-state index contributed by atoms with van der Waals surface area (Å²) in [5.41, 5.74) is 2.16. The molecule has 0 aliphatic carbocycles. The van der Waals surface area contributed by atoms with E-state index in [9.17, 15) is 14.4 Å². The molecule has 0 fully saturated rings. The molecular formula is C23H24ClN3O3. The Kier molecular flexibility index (Phi) is 6.57. The monoisotopic (exact) mass is 425 g/mol. The minimum Gasteiger partial charge on any atom is -0.342 e. The highest BCUT2D eigenvalue weighted by atomic mass is 35.5. The molecule has 0 atom stereocenters. The van der Waals surface area contributed by atoms with Crippen LogP contribution in [0.1, 0.15) is 29.8 Å². The van der Waals surface area contributed by atoms with Gasteiger partial charge in [-0.15, -0.1) is 0 Å². The number of hydrogen-bond acceptors (Lipinski definition) is 3. The Bertz CT molecular complexity index is 1120. The van der Waals surface area contributed by atoms with Crippen molar-refractivity contribution in [3.63, 3.8) is 0 Å². The smallest absolute Gasteiger partial charge is 0.296 e. The third-order valence-electron chi connectivity index (χ3n) is 5.18. The molecule has 7 heteroatoms. The van der Waals surface area contributed by atoms with Gasteiger partial charge in [-0.2, -0.15) is 0 Å². The normalized spacial score (nSPS) is 10.8. The molecule has 0 aliphatic rings. The number of carbonyl (C=O) groups excluding carboxylic acids is 3. The van der Waals surface area contributed by atoms with Crippen LogP contribution in [0.5, 0.6) is 0 Å². The number of rotatable bonds is 7. The van der Waals surface area contributed by atoms with Gasteiger partial charge in [-0.25, -0.2) is 0 Å². The molecule has 0 saturated heterocycles. The lowest BCUT2D eigenvalue weighted by Gasteiger charge is -2.19. The first kappa shape index (κ1) is 21.6. The molecule has 0 bridgehead atoms. The van der Waals surface area contributed by atoms with Crippen LogP contribution in [0.3, 0.4) is 0 Å². The highest BCUT2D eigenvalue weighted by molar-refractivity contribution is 6.48. The number of carbonyl (C=O) groups is 3. The van der Waals surface area contributed by atoms with Crippen LogP contribution in [0.2, 0.25) is 5.02 Å². The number of nitrogens with one attached hydrogen (secondary N) is 1. The number of halogens is 1. The molecule has 2 amide bonds. The van der Waals surface area contributed by atoms with Gasteiger partial charge in [-0.1, -0.05) is 35.9 Å². The Labute approximate surface area is 180 Å². The van der Waals surface area contributed by atoms with Crippen molar-refractivity contribution in [2.75, 3.05) is 18.4 Å². The van der Waals surface area contributed by atoms with Crippen LogP contribution in [-0.4, -0.2) is 40.2 Å². The Morgan fingerprint density at radius 1 is 1.03 bits per heavy atom. The largest absolute Gasteiger partial charge is 0.342 e. The Morgan fingerprint density at radius 3 is 2.43 bits per heavy atom. The molecule has 0 saturated carbocycles. The van der Waals surface area contributed by atoms with Gasteiger partial charge in [0.25, 0.3) is 11.7 Å². The maximum absolute atomic E-state index is 13.0. The summed E-state index contributed by atoms with van der Waals surface area (Å²) in [7, 11) is 0. The fourth-order valence-corrected chi connectivity index (χ4v) is 3.60. The summed E-state index contributed by atoms with van der Waals surface area (Å²) >= 11 is 6.10. The van der Waals surface area contributed by atoms with Crippen LogP contribution in [0.15, 0.2) is 48.7 Å². The van der Waals surface area contributed by atoms with Crippen molar-refractivity contribution in [2.24, 2.45) is 0 Å². The SMILES string of the molecule is CCN(CC)C(=O)Cn1cc(C(=O)C(=O)Nc2cccc(Cl)c2C)c2ccccc21. The molecule has 2 aromatic carbocycles. The number of aromatic nitrogens is 1. The van der Waals surface area contributed by atoms with Crippen LogP contribution in [-0.2, 0) is 16.1 Å². The van der Waals surface area contributed by atoms with Crippen molar-refractivity contribution in [2.45, 2.75) is 27.3 Å². The van der Waals surface area contributed by atoms with E-state index in [0.717, 1.165) is 5.52 Å². The van der Waals surface area contributed by atoms with Crippen molar-refractivity contribution in [1.82, 2.24) is 9.47 Å². The zero-order chi connectivity index (χ0) is 21.8. The highest BCUT2D eigenvalue weighted by Crippen LogP contribution is 2.25. The number of fused-ring (bicyclic) bond motifs is 1. The number of para-hydroxylation sites is 1. The van der Waals surface area contributed by atoms with E-state index in [2.05, 4.69) is 5.32 Å². The number of Topliss-reactive ketones (excluding diaryl/α,β-unsaturated/α-hetero) is 1. The molecule has 1 heterocycles. The lowest BCUT2D eigenvalue weighted by Crippen LogP contribution is -2.33. The summed E-state index contributed by atoms with van der Waals surface area (Å²) in [6, 6.07) is 12.4. The third-order valence-corrected chi connectivity index (χ3v) is 5.59. The van der Waals surface area contributed by atoms with Crippen LogP contribution < -0.4 is 5.32 Å². The summed E-state index contributed by atoms with van der Waals surface area (Å²) in [4.78, 5) is 39.9. The average molecular weight is 426 g/mol. The zero-order valence-electron chi connectivity index (χ0n) is 17.2. The molecular weight excluding hydrogens is 402 g/mol. The second kappa shape index (κ2) is 9.13. The maximum atomic E-state index is 13.0. The highest BCUT2D eigenvalue weighted by Gasteiger charge is 2.23. The molecule has 0 spiro atoms. The van der Waals surface area contributed by atoms with Crippen molar-refractivity contribution >= 4 is 45.8 Å². The molecule has 156 valence electrons. The summed E-state index contributed by atoms with van der Waals surface area (Å²) in [6.07, 6.45) is 1.58. The van der Waals surface area contributed by atoms with Crippen LogP contribution in [0.25, 0.3) is 10.9 Å². The van der Waals surface area contributed by atoms with E-state index < -0.39 is 11.7 Å². The first-order chi connectivity index (χ1) is 14.4. The minimum atomic E-state index is -0.752. The number of benzene rings is 2. The molecule has 0 aliphatic heterocycles. The average Bonchev–Trinajstić information content (AvgIpc) is 3.10. The number of amides is 2. The molecule has 1 N–H and O–H groups in total. The van der Waals surface area contributed by atoms with Gasteiger partial charge < -0.3 is 14.8 Å². The van der Waals surface area contributed by atoms with Crippen molar-refractivity contribution in [1.29, 1.82) is 0 Å². The number of anilines is 1. The summed E-state index contributed by atoms with van der Waals surface area (Å²) in [6.45, 7) is 6.94. The Morgan fingerprint density at radius 2 is 1.73 bits per heavy atom. The fraction of sp³-hybridized carbons (Fsp3) is 0.261. The zero-order valence-corrected chi connectivity index (χ0v) is 18.0. The second-order valence-electron chi connectivity index (χ2n) is 6.95. The molecule has 3 aromatic rings. The lowest BCUT2D eigenvalue weighted by atomic mass is 10.1. The van der Waals surface area contributed by atoms with Gasteiger partial charge >= 0.3 is 0 Å². The Balaban J connectivity index is 1.92. The quantitative estimate of drug-likeness (QED) is 0.453. The van der Waals surface area contributed by atoms with Gasteiger partial charge in [0.1, 0.15) is 6.54 Å². The number of likely N-dealkylation sites (N-methyl/N-ethyl adjacent to an activating group) is 1. The lowest BCUT2D eigenvalue weighted by molar-refractivity contribution is -0.131. The molecule has 3 rings (SSSR count). The summed E-state index contributed by atoms with van der Waals surface area (Å²) in [5.74, 6) is -1.46. The van der Waals surface area contributed by atoms with E-state index in [0.29, 0.717) is 34.7 Å². The first-order valence-corrected chi connectivity index (χ1v) is 10.2. The van der Waals surface area contributed by atoms with Crippen molar-refractivity contribution in [3.05, 3.63) is 64.8 Å². The predicted octanol–water partition coefficient (Wildman–Crippen LogP) is 4.29. The first-order valence-electron chi connectivity index (χ1n) is 9.83. The van der Waals surface area contributed by atoms with E-state index in [4.69, 9.17) is 11.6 Å². The van der Waals surface area contributed by atoms with Gasteiger partial charge in [0.15, 0.2) is 0 Å². The fourth-order valence-electron chi connectivity index (χ4n) is 3.42. The van der Waals surface area contributed by atoms with E-state index >= 15 is 0 Å². The van der Waals surface area contributed by atoms with Crippen LogP contribution >= 0.6 is 11.6 Å². The molecule has 30 heavy (non-hydrogen) atoms. The van der Waals surface area contributed by atoms with E-state index in [1.165, 1.54) is 0 Å². The van der Waals surface area contributed by atoms with E-state index in [1.807, 2.05) is 26.0 Å². The van der Waals surface area contributed by atoms with E-state index in [-0.39, 0.29) is 18.0 Å². The third kappa shape index (κ3) is 4.24. The Hall–Kier alpha value is -3.12. The molecule has 0 radical (unpaired) electrons. The predicted molar refractivity (Wildman–Crippen MR) is 119 cm³/mol. The standard InChI is InChI=1S/C23H24ClN3O3/c1-4-26(5-2)21(28)14-27-13-17(16-9-6-7-12-20(16)27)22(29)23(30)25-19-11-8-10-18(24)15(19)3/h6-13H,4-5,14H2,1-3H3,(H,25,30). The van der Waals surface area contributed by atoms with Crippen LogP contribution in [0.4, 0.5) is 5.69 Å². The molecule has 1 aromatic heterocycles. The van der Waals surface area contributed by atoms with E-state index in [1.54, 1.807) is 52.9 Å². The number of nitrogens with zero attached hydrogens (tertiary/aromatic N) is 2. The number of hydrogen-bond donors (Lipinski definition) is 1. The van der Waals surface area contributed by atoms with Gasteiger partial charge in [0, 0.05) is 40.9 Å². The summed E-state index contributed by atoms with van der Waals surface area (Å²) < 4.78 is 1.72. The van der Waals surface area contributed by atoms with Gasteiger partial charge in [-0.3, -0.25) is 14.4 Å².